The van der Waals surface area contributed by atoms with Crippen LogP contribution in [0.1, 0.15) is 49.7 Å². The van der Waals surface area contributed by atoms with Crippen LogP contribution in [0.4, 0.5) is 0 Å². The maximum absolute atomic E-state index is 5.66. The Morgan fingerprint density at radius 1 is 1.21 bits per heavy atom. The molecule has 0 saturated carbocycles. The third-order valence-corrected chi connectivity index (χ3v) is 2.91. The molecule has 0 bridgehead atoms. The first kappa shape index (κ1) is 9.78. The van der Waals surface area contributed by atoms with Crippen LogP contribution in [-0.4, -0.2) is 6.54 Å². The third-order valence-electron chi connectivity index (χ3n) is 2.91. The zero-order chi connectivity index (χ0) is 9.80. The minimum atomic E-state index is 0.448. The second kappa shape index (κ2) is 4.65. The van der Waals surface area contributed by atoms with E-state index in [0.29, 0.717) is 6.04 Å². The van der Waals surface area contributed by atoms with Crippen LogP contribution in [0.3, 0.4) is 0 Å². The molecule has 78 valence electrons. The number of rotatable bonds is 1. The predicted molar refractivity (Wildman–Crippen MR) is 57.3 cm³/mol. The van der Waals surface area contributed by atoms with E-state index in [2.05, 4.69) is 17.4 Å². The molecule has 0 radical (unpaired) electrons. The van der Waals surface area contributed by atoms with Gasteiger partial charge in [0.15, 0.2) is 0 Å². The quantitative estimate of drug-likeness (QED) is 0.741. The van der Waals surface area contributed by atoms with Crippen molar-refractivity contribution in [3.8, 4) is 0 Å². The Hall–Kier alpha value is -0.760. The van der Waals surface area contributed by atoms with Crippen molar-refractivity contribution in [1.82, 2.24) is 5.32 Å². The fourth-order valence-corrected chi connectivity index (χ4v) is 2.09. The van der Waals surface area contributed by atoms with Crippen LogP contribution >= 0.6 is 0 Å². The van der Waals surface area contributed by atoms with E-state index < -0.39 is 0 Å². The van der Waals surface area contributed by atoms with Gasteiger partial charge in [-0.3, -0.25) is 0 Å². The molecule has 2 heterocycles. The summed E-state index contributed by atoms with van der Waals surface area (Å²) in [5, 5.41) is 3.56. The van der Waals surface area contributed by atoms with Crippen molar-refractivity contribution in [2.45, 2.75) is 45.1 Å². The molecular weight excluding hydrogens is 174 g/mol. The third kappa shape index (κ3) is 2.38. The van der Waals surface area contributed by atoms with Crippen molar-refractivity contribution in [3.63, 3.8) is 0 Å². The summed E-state index contributed by atoms with van der Waals surface area (Å²) in [7, 11) is 0. The summed E-state index contributed by atoms with van der Waals surface area (Å²) in [6.07, 6.45) is 6.58. The van der Waals surface area contributed by atoms with E-state index in [9.17, 15) is 0 Å². The van der Waals surface area contributed by atoms with E-state index in [1.807, 2.05) is 6.92 Å². The fourth-order valence-electron chi connectivity index (χ4n) is 2.09. The highest BCUT2D eigenvalue weighted by Gasteiger charge is 2.15. The molecule has 0 aliphatic carbocycles. The molecule has 0 spiro atoms. The summed E-state index contributed by atoms with van der Waals surface area (Å²) in [6, 6.07) is 4.61. The van der Waals surface area contributed by atoms with Gasteiger partial charge in [0.2, 0.25) is 0 Å². The highest BCUT2D eigenvalue weighted by Crippen LogP contribution is 2.23. The van der Waals surface area contributed by atoms with Crippen LogP contribution in [0.2, 0.25) is 0 Å². The lowest BCUT2D eigenvalue weighted by Crippen LogP contribution is -2.23. The molecule has 2 nitrogen and oxygen atoms in total. The molecule has 1 aliphatic heterocycles. The minimum absolute atomic E-state index is 0.448. The van der Waals surface area contributed by atoms with E-state index in [0.717, 1.165) is 18.1 Å². The van der Waals surface area contributed by atoms with Crippen LogP contribution in [0.15, 0.2) is 16.5 Å². The van der Waals surface area contributed by atoms with Gasteiger partial charge in [-0.05, 0) is 38.4 Å². The van der Waals surface area contributed by atoms with Crippen LogP contribution in [0, 0.1) is 6.92 Å². The first-order valence-electron chi connectivity index (χ1n) is 5.66. The highest BCUT2D eigenvalue weighted by molar-refractivity contribution is 5.09. The standard InChI is InChI=1S/C12H19NO/c1-10-7-8-12(14-10)11-6-4-2-3-5-9-13-11/h7-8,11,13H,2-6,9H2,1H3. The lowest BCUT2D eigenvalue weighted by molar-refractivity contribution is 0.357. The van der Waals surface area contributed by atoms with Gasteiger partial charge in [0.05, 0.1) is 6.04 Å². The Morgan fingerprint density at radius 2 is 2.07 bits per heavy atom. The van der Waals surface area contributed by atoms with Gasteiger partial charge in [-0.25, -0.2) is 0 Å². The Morgan fingerprint density at radius 3 is 2.86 bits per heavy atom. The second-order valence-electron chi connectivity index (χ2n) is 4.16. The molecular formula is C12H19NO. The monoisotopic (exact) mass is 193 g/mol. The maximum atomic E-state index is 5.66. The summed E-state index contributed by atoms with van der Waals surface area (Å²) in [5.41, 5.74) is 0. The molecule has 1 aromatic heterocycles. The molecule has 1 N–H and O–H groups in total. The summed E-state index contributed by atoms with van der Waals surface area (Å²) >= 11 is 0. The summed E-state index contributed by atoms with van der Waals surface area (Å²) in [4.78, 5) is 0. The average Bonchev–Trinajstić information content (AvgIpc) is 2.51. The van der Waals surface area contributed by atoms with Crippen LogP contribution in [0.25, 0.3) is 0 Å². The Kier molecular flexibility index (Phi) is 3.25. The lowest BCUT2D eigenvalue weighted by atomic mass is 10.0. The van der Waals surface area contributed by atoms with E-state index in [4.69, 9.17) is 4.42 Å². The van der Waals surface area contributed by atoms with Crippen molar-refractivity contribution in [1.29, 1.82) is 0 Å². The summed E-state index contributed by atoms with van der Waals surface area (Å²) in [6.45, 7) is 3.14. The van der Waals surface area contributed by atoms with E-state index >= 15 is 0 Å². The van der Waals surface area contributed by atoms with Crippen molar-refractivity contribution < 1.29 is 4.42 Å². The number of hydrogen-bond acceptors (Lipinski definition) is 2. The van der Waals surface area contributed by atoms with Gasteiger partial charge in [0, 0.05) is 0 Å². The zero-order valence-electron chi connectivity index (χ0n) is 8.88. The van der Waals surface area contributed by atoms with Gasteiger partial charge < -0.3 is 9.73 Å². The molecule has 2 rings (SSSR count). The van der Waals surface area contributed by atoms with E-state index in [-0.39, 0.29) is 0 Å². The van der Waals surface area contributed by atoms with E-state index in [1.165, 1.54) is 32.1 Å². The zero-order valence-corrected chi connectivity index (χ0v) is 8.88. The molecule has 2 heteroatoms. The number of aryl methyl sites for hydroxylation is 1. The summed E-state index contributed by atoms with van der Waals surface area (Å²) in [5.74, 6) is 2.13. The van der Waals surface area contributed by atoms with Crippen molar-refractivity contribution in [2.75, 3.05) is 6.54 Å². The van der Waals surface area contributed by atoms with Crippen LogP contribution in [0.5, 0.6) is 0 Å². The smallest absolute Gasteiger partial charge is 0.121 e. The fraction of sp³-hybridized carbons (Fsp3) is 0.667. The van der Waals surface area contributed by atoms with E-state index in [1.54, 1.807) is 0 Å². The average molecular weight is 193 g/mol. The largest absolute Gasteiger partial charge is 0.465 e. The molecule has 14 heavy (non-hydrogen) atoms. The van der Waals surface area contributed by atoms with Crippen molar-refractivity contribution in [3.05, 3.63) is 23.7 Å². The van der Waals surface area contributed by atoms with Crippen molar-refractivity contribution in [2.24, 2.45) is 0 Å². The summed E-state index contributed by atoms with van der Waals surface area (Å²) < 4.78 is 5.66. The molecule has 1 unspecified atom stereocenters. The molecule has 0 amide bonds. The molecule has 1 saturated heterocycles. The first-order chi connectivity index (χ1) is 6.86. The Balaban J connectivity index is 2.00. The Labute approximate surface area is 85.7 Å². The van der Waals surface area contributed by atoms with Gasteiger partial charge in [-0.1, -0.05) is 19.3 Å². The minimum Gasteiger partial charge on any atom is -0.465 e. The van der Waals surface area contributed by atoms with Gasteiger partial charge >= 0.3 is 0 Å². The maximum Gasteiger partial charge on any atom is 0.121 e. The molecule has 0 aromatic carbocycles. The second-order valence-corrected chi connectivity index (χ2v) is 4.16. The van der Waals surface area contributed by atoms with Crippen LogP contribution in [-0.2, 0) is 0 Å². The van der Waals surface area contributed by atoms with Gasteiger partial charge in [-0.15, -0.1) is 0 Å². The van der Waals surface area contributed by atoms with Gasteiger partial charge in [-0.2, -0.15) is 0 Å². The lowest BCUT2D eigenvalue weighted by Gasteiger charge is -2.19. The number of nitrogens with one attached hydrogen (secondary N) is 1. The molecule has 1 fully saturated rings. The predicted octanol–water partition coefficient (Wildman–Crippen LogP) is 3.18. The molecule has 1 atom stereocenters. The van der Waals surface area contributed by atoms with Gasteiger partial charge in [0.1, 0.15) is 11.5 Å². The SMILES string of the molecule is Cc1ccc(C2CCCCCCN2)o1. The topological polar surface area (TPSA) is 25.2 Å². The van der Waals surface area contributed by atoms with Gasteiger partial charge in [0.25, 0.3) is 0 Å². The number of furan rings is 1. The Bertz CT molecular complexity index is 272. The van der Waals surface area contributed by atoms with Crippen LogP contribution < -0.4 is 5.32 Å². The van der Waals surface area contributed by atoms with Crippen molar-refractivity contribution >= 4 is 0 Å². The molecule has 1 aromatic rings. The molecule has 1 aliphatic rings. The normalized spacial score (nSPS) is 24.2. The number of hydrogen-bond donors (Lipinski definition) is 1. The first-order valence-corrected chi connectivity index (χ1v) is 5.66. The highest BCUT2D eigenvalue weighted by atomic mass is 16.3.